The van der Waals surface area contributed by atoms with Crippen molar-refractivity contribution in [1.82, 2.24) is 9.80 Å². The van der Waals surface area contributed by atoms with Crippen molar-refractivity contribution in [3.63, 3.8) is 0 Å². The first kappa shape index (κ1) is 28.4. The number of primary amides is 1. The van der Waals surface area contributed by atoms with Crippen molar-refractivity contribution in [1.29, 1.82) is 0 Å². The van der Waals surface area contributed by atoms with Crippen molar-refractivity contribution >= 4 is 46.4 Å². The molecule has 0 unspecified atom stereocenters. The summed E-state index contributed by atoms with van der Waals surface area (Å²) in [6, 6.07) is 11.8. The van der Waals surface area contributed by atoms with Crippen molar-refractivity contribution < 1.29 is 23.5 Å². The Morgan fingerprint density at radius 3 is 2.36 bits per heavy atom. The molecule has 2 saturated heterocycles. The van der Waals surface area contributed by atoms with Gasteiger partial charge in [0.2, 0.25) is 11.8 Å². The molecule has 4 rings (SSSR count). The van der Waals surface area contributed by atoms with E-state index >= 15 is 0 Å². The Morgan fingerprint density at radius 1 is 1.08 bits per heavy atom. The summed E-state index contributed by atoms with van der Waals surface area (Å²) >= 11 is 5.69. The summed E-state index contributed by atoms with van der Waals surface area (Å²) in [5.74, 6) is -0.683. The van der Waals surface area contributed by atoms with E-state index in [0.29, 0.717) is 36.7 Å². The number of ether oxygens (including phenoxy) is 1. The van der Waals surface area contributed by atoms with Gasteiger partial charge in [-0.1, -0.05) is 0 Å². The first-order valence-electron chi connectivity index (χ1n) is 13.2. The Bertz CT molecular complexity index is 1190. The minimum absolute atomic E-state index is 0.0763. The van der Waals surface area contributed by atoms with E-state index in [9.17, 15) is 18.8 Å². The maximum absolute atomic E-state index is 13.5. The van der Waals surface area contributed by atoms with E-state index in [-0.39, 0.29) is 35.2 Å². The first-order chi connectivity index (χ1) is 18.8. The SMILES string of the molecule is CCOc1ccc(NC(=O)C[C@H]2C(=O)N(c3ccc(F)cc3)C(=S)N2CCCN2CCC(C(N)=O)CC2)cc1. The van der Waals surface area contributed by atoms with Crippen LogP contribution in [0, 0.1) is 11.7 Å². The fourth-order valence-electron chi connectivity index (χ4n) is 5.01. The fourth-order valence-corrected chi connectivity index (χ4v) is 5.42. The highest BCUT2D eigenvalue weighted by atomic mass is 32.1. The van der Waals surface area contributed by atoms with E-state index in [0.717, 1.165) is 32.5 Å². The Hall–Kier alpha value is -3.57. The quantitative estimate of drug-likeness (QED) is 0.410. The molecule has 0 aromatic heterocycles. The maximum Gasteiger partial charge on any atom is 0.256 e. The fraction of sp³-hybridized carbons (Fsp3) is 0.429. The molecule has 2 aliphatic heterocycles. The average molecular weight is 556 g/mol. The van der Waals surface area contributed by atoms with Crippen LogP contribution in [0.1, 0.15) is 32.6 Å². The summed E-state index contributed by atoms with van der Waals surface area (Å²) in [4.78, 5) is 43.4. The number of thiocarbonyl (C=S) groups is 1. The number of hydrogen-bond acceptors (Lipinski definition) is 6. The molecule has 11 heteroatoms. The van der Waals surface area contributed by atoms with Crippen LogP contribution in [0.2, 0.25) is 0 Å². The van der Waals surface area contributed by atoms with Crippen LogP contribution in [0.5, 0.6) is 5.75 Å². The van der Waals surface area contributed by atoms with Gasteiger partial charge in [-0.05, 0) is 107 Å². The smallest absolute Gasteiger partial charge is 0.256 e. The van der Waals surface area contributed by atoms with Crippen molar-refractivity contribution in [2.24, 2.45) is 11.7 Å². The van der Waals surface area contributed by atoms with E-state index in [1.807, 2.05) is 6.92 Å². The zero-order valence-corrected chi connectivity index (χ0v) is 22.8. The summed E-state index contributed by atoms with van der Waals surface area (Å²) in [5, 5.41) is 3.14. The highest BCUT2D eigenvalue weighted by Crippen LogP contribution is 2.28. The molecule has 0 radical (unpaired) electrons. The second-order valence-corrected chi connectivity index (χ2v) is 10.1. The van der Waals surface area contributed by atoms with Crippen LogP contribution in [0.4, 0.5) is 15.8 Å². The van der Waals surface area contributed by atoms with Crippen molar-refractivity contribution in [2.45, 2.75) is 38.6 Å². The number of rotatable bonds is 11. The number of nitrogens with zero attached hydrogens (tertiary/aromatic N) is 3. The third-order valence-corrected chi connectivity index (χ3v) is 7.51. The van der Waals surface area contributed by atoms with Gasteiger partial charge >= 0.3 is 0 Å². The van der Waals surface area contributed by atoms with Gasteiger partial charge in [0.1, 0.15) is 17.6 Å². The number of piperidine rings is 1. The number of hydrogen-bond donors (Lipinski definition) is 2. The molecule has 39 heavy (non-hydrogen) atoms. The van der Waals surface area contributed by atoms with E-state index in [1.165, 1.54) is 29.2 Å². The summed E-state index contributed by atoms with van der Waals surface area (Å²) in [5.41, 5.74) is 6.49. The topological polar surface area (TPSA) is 108 Å². The van der Waals surface area contributed by atoms with E-state index < -0.39 is 11.9 Å². The van der Waals surface area contributed by atoms with Gasteiger partial charge in [-0.15, -0.1) is 0 Å². The lowest BCUT2D eigenvalue weighted by molar-refractivity contribution is -0.124. The molecule has 1 atom stereocenters. The van der Waals surface area contributed by atoms with E-state index in [1.54, 1.807) is 29.2 Å². The van der Waals surface area contributed by atoms with Crippen LogP contribution in [-0.2, 0) is 14.4 Å². The van der Waals surface area contributed by atoms with Crippen LogP contribution in [0.3, 0.4) is 0 Å². The van der Waals surface area contributed by atoms with Gasteiger partial charge in [-0.2, -0.15) is 0 Å². The molecule has 2 aromatic carbocycles. The Balaban J connectivity index is 1.42. The molecular formula is C28H34FN5O4S. The number of nitrogens with two attached hydrogens (primary N) is 1. The Morgan fingerprint density at radius 2 is 1.74 bits per heavy atom. The molecule has 9 nitrogen and oxygen atoms in total. The first-order valence-corrected chi connectivity index (χ1v) is 13.6. The highest BCUT2D eigenvalue weighted by molar-refractivity contribution is 7.80. The van der Waals surface area contributed by atoms with Crippen LogP contribution in [-0.4, -0.2) is 71.5 Å². The van der Waals surface area contributed by atoms with Crippen LogP contribution < -0.4 is 20.7 Å². The van der Waals surface area contributed by atoms with Gasteiger partial charge in [-0.3, -0.25) is 19.3 Å². The summed E-state index contributed by atoms with van der Waals surface area (Å²) < 4.78 is 19.0. The van der Waals surface area contributed by atoms with Gasteiger partial charge < -0.3 is 25.6 Å². The number of anilines is 2. The molecule has 3 N–H and O–H groups in total. The maximum atomic E-state index is 13.5. The van der Waals surface area contributed by atoms with Crippen LogP contribution in [0.25, 0.3) is 0 Å². The van der Waals surface area contributed by atoms with E-state index in [4.69, 9.17) is 22.7 Å². The number of benzene rings is 2. The normalized spacial score (nSPS) is 18.5. The third kappa shape index (κ3) is 7.10. The summed E-state index contributed by atoms with van der Waals surface area (Å²) in [6.45, 7) is 5.24. The number of amides is 3. The molecule has 0 spiro atoms. The predicted molar refractivity (Wildman–Crippen MR) is 151 cm³/mol. The molecule has 2 aromatic rings. The average Bonchev–Trinajstić information content (AvgIpc) is 3.14. The molecule has 0 saturated carbocycles. The van der Waals surface area contributed by atoms with Gasteiger partial charge in [0.25, 0.3) is 5.91 Å². The molecule has 0 aliphatic carbocycles. The number of carbonyl (C=O) groups excluding carboxylic acids is 3. The zero-order chi connectivity index (χ0) is 27.9. The lowest BCUT2D eigenvalue weighted by Gasteiger charge is -2.31. The zero-order valence-electron chi connectivity index (χ0n) is 22.0. The van der Waals surface area contributed by atoms with Crippen LogP contribution in [0.15, 0.2) is 48.5 Å². The Labute approximate surface area is 233 Å². The second-order valence-electron chi connectivity index (χ2n) is 9.72. The van der Waals surface area contributed by atoms with Crippen molar-refractivity contribution in [3.8, 4) is 5.75 Å². The lowest BCUT2D eigenvalue weighted by atomic mass is 9.96. The molecule has 0 bridgehead atoms. The monoisotopic (exact) mass is 555 g/mol. The summed E-state index contributed by atoms with van der Waals surface area (Å²) in [7, 11) is 0. The molecular weight excluding hydrogens is 521 g/mol. The number of nitrogens with one attached hydrogen (secondary N) is 1. The number of halogens is 1. The van der Waals surface area contributed by atoms with Crippen molar-refractivity contribution in [3.05, 3.63) is 54.3 Å². The molecule has 2 fully saturated rings. The predicted octanol–water partition coefficient (Wildman–Crippen LogP) is 3.14. The minimum atomic E-state index is -0.786. The van der Waals surface area contributed by atoms with E-state index in [2.05, 4.69) is 10.2 Å². The van der Waals surface area contributed by atoms with Gasteiger partial charge in [0, 0.05) is 18.2 Å². The summed E-state index contributed by atoms with van der Waals surface area (Å²) in [6.07, 6.45) is 2.10. The largest absolute Gasteiger partial charge is 0.494 e. The third-order valence-electron chi connectivity index (χ3n) is 7.09. The highest BCUT2D eigenvalue weighted by Gasteiger charge is 2.44. The molecule has 208 valence electrons. The molecule has 2 aliphatic rings. The van der Waals surface area contributed by atoms with Gasteiger partial charge in [0.05, 0.1) is 18.7 Å². The number of carbonyl (C=O) groups is 3. The minimum Gasteiger partial charge on any atom is -0.494 e. The molecule has 2 heterocycles. The van der Waals surface area contributed by atoms with Gasteiger partial charge in [0.15, 0.2) is 5.11 Å². The van der Waals surface area contributed by atoms with Crippen LogP contribution >= 0.6 is 12.2 Å². The van der Waals surface area contributed by atoms with Gasteiger partial charge in [-0.25, -0.2) is 4.39 Å². The molecule has 3 amide bonds. The number of likely N-dealkylation sites (tertiary alicyclic amines) is 1. The lowest BCUT2D eigenvalue weighted by Crippen LogP contribution is -2.41. The second kappa shape index (κ2) is 13.0. The Kier molecular flexibility index (Phi) is 9.47. The van der Waals surface area contributed by atoms with Crippen molar-refractivity contribution in [2.75, 3.05) is 43.0 Å². The standard InChI is InChI=1S/C28H34FN5O4S/c1-2-38-23-10-6-21(7-11-23)31-25(35)18-24-27(37)34(22-8-4-20(29)5-9-22)28(39)33(24)15-3-14-32-16-12-19(13-17-32)26(30)36/h4-11,19,24H,2-3,12-18H2,1H3,(H2,30,36)(H,31,35)/t24-/m0/s1.